The molecule has 108 valence electrons. The number of benzene rings is 1. The highest BCUT2D eigenvalue weighted by molar-refractivity contribution is 6.34. The molecule has 1 aliphatic carbocycles. The van der Waals surface area contributed by atoms with Gasteiger partial charge in [-0.2, -0.15) is 0 Å². The van der Waals surface area contributed by atoms with E-state index in [1.165, 1.54) is 0 Å². The number of halogens is 1. The predicted octanol–water partition coefficient (Wildman–Crippen LogP) is 2.48. The predicted molar refractivity (Wildman–Crippen MR) is 78.4 cm³/mol. The first-order valence-corrected chi connectivity index (χ1v) is 7.03. The zero-order valence-corrected chi connectivity index (χ0v) is 11.8. The van der Waals surface area contributed by atoms with E-state index in [-0.39, 0.29) is 16.8 Å². The summed E-state index contributed by atoms with van der Waals surface area (Å²) in [5.41, 5.74) is 0.130. The lowest BCUT2D eigenvalue weighted by Gasteiger charge is -2.13. The molecule has 5 nitrogen and oxygen atoms in total. The molecule has 1 heterocycles. The number of carbonyl (C=O) groups is 2. The molecule has 1 fully saturated rings. The Morgan fingerprint density at radius 3 is 2.71 bits per heavy atom. The fraction of sp³-hybridized carbons (Fsp3) is 0.267. The molecule has 1 aromatic heterocycles. The van der Waals surface area contributed by atoms with Crippen molar-refractivity contribution in [2.75, 3.05) is 0 Å². The highest BCUT2D eigenvalue weighted by Gasteiger charge is 2.37. The lowest BCUT2D eigenvalue weighted by Crippen LogP contribution is -2.42. The Morgan fingerprint density at radius 1 is 1.33 bits per heavy atom. The summed E-state index contributed by atoms with van der Waals surface area (Å²) in [5, 5.41) is 13.5. The van der Waals surface area contributed by atoms with E-state index in [9.17, 15) is 9.59 Å². The highest BCUT2D eigenvalue weighted by atomic mass is 35.5. The van der Waals surface area contributed by atoms with Crippen molar-refractivity contribution in [2.45, 2.75) is 18.9 Å². The maximum absolute atomic E-state index is 12.2. The number of aromatic nitrogens is 1. The minimum atomic E-state index is -1.02. The smallest absolute Gasteiger partial charge is 0.326 e. The quantitative estimate of drug-likeness (QED) is 0.851. The second kappa shape index (κ2) is 5.33. The molecular weight excluding hydrogens is 292 g/mol. The van der Waals surface area contributed by atoms with Crippen LogP contribution in [0, 0.1) is 5.92 Å². The fourth-order valence-corrected chi connectivity index (χ4v) is 2.56. The monoisotopic (exact) mass is 304 g/mol. The summed E-state index contributed by atoms with van der Waals surface area (Å²) in [4.78, 5) is 27.4. The van der Waals surface area contributed by atoms with Gasteiger partial charge in [-0.25, -0.2) is 9.78 Å². The molecule has 0 spiro atoms. The van der Waals surface area contributed by atoms with Crippen LogP contribution in [0.4, 0.5) is 0 Å². The minimum absolute atomic E-state index is 0.0161. The van der Waals surface area contributed by atoms with Crippen molar-refractivity contribution >= 4 is 34.2 Å². The Bertz CT molecular complexity index is 728. The summed E-state index contributed by atoms with van der Waals surface area (Å²) < 4.78 is 0. The molecule has 1 aromatic carbocycles. The summed E-state index contributed by atoms with van der Waals surface area (Å²) >= 11 is 6.07. The van der Waals surface area contributed by atoms with E-state index in [1.807, 2.05) is 24.3 Å². The van der Waals surface area contributed by atoms with Gasteiger partial charge in [0.25, 0.3) is 5.91 Å². The number of nitrogens with one attached hydrogen (secondary N) is 1. The number of pyridine rings is 1. The third-order valence-electron chi connectivity index (χ3n) is 3.57. The molecule has 0 radical (unpaired) electrons. The lowest BCUT2D eigenvalue weighted by molar-refractivity contribution is -0.139. The van der Waals surface area contributed by atoms with Crippen molar-refractivity contribution in [3.8, 4) is 0 Å². The largest absolute Gasteiger partial charge is 0.480 e. The van der Waals surface area contributed by atoms with Crippen LogP contribution in [-0.4, -0.2) is 28.0 Å². The summed E-state index contributed by atoms with van der Waals surface area (Å²) in [5.74, 6) is -1.51. The number of carbonyl (C=O) groups excluding carboxylic acids is 1. The fourth-order valence-electron chi connectivity index (χ4n) is 2.30. The molecule has 1 amide bonds. The van der Waals surface area contributed by atoms with Crippen molar-refractivity contribution < 1.29 is 14.7 Å². The average Bonchev–Trinajstić information content (AvgIpc) is 3.28. The number of carboxylic acids is 1. The SMILES string of the molecule is O=C(NC(C(=O)O)C1CC1)c1cc2ccccc2c(Cl)n1. The molecule has 0 bridgehead atoms. The molecule has 3 rings (SSSR count). The topological polar surface area (TPSA) is 79.3 Å². The van der Waals surface area contributed by atoms with Gasteiger partial charge < -0.3 is 10.4 Å². The Hall–Kier alpha value is -2.14. The summed E-state index contributed by atoms with van der Waals surface area (Å²) in [7, 11) is 0. The Labute approximate surface area is 125 Å². The number of hydrogen-bond donors (Lipinski definition) is 2. The molecule has 1 saturated carbocycles. The second-order valence-electron chi connectivity index (χ2n) is 5.15. The average molecular weight is 305 g/mol. The maximum atomic E-state index is 12.2. The number of carboxylic acid groups (broad SMARTS) is 1. The highest BCUT2D eigenvalue weighted by Crippen LogP contribution is 2.33. The Kier molecular flexibility index (Phi) is 3.51. The van der Waals surface area contributed by atoms with Gasteiger partial charge in [0.15, 0.2) is 0 Å². The van der Waals surface area contributed by atoms with Crippen LogP contribution in [0.2, 0.25) is 5.15 Å². The van der Waals surface area contributed by atoms with E-state index in [0.717, 1.165) is 23.6 Å². The number of hydrogen-bond acceptors (Lipinski definition) is 3. The summed E-state index contributed by atoms with van der Waals surface area (Å²) in [6.07, 6.45) is 1.65. The third-order valence-corrected chi connectivity index (χ3v) is 3.86. The van der Waals surface area contributed by atoms with Gasteiger partial charge in [-0.05, 0) is 30.2 Å². The van der Waals surface area contributed by atoms with Gasteiger partial charge in [0.2, 0.25) is 0 Å². The standard InChI is InChI=1S/C15H13ClN2O3/c16-13-10-4-2-1-3-9(10)7-11(17-13)14(19)18-12(15(20)21)8-5-6-8/h1-4,7-8,12H,5-6H2,(H,18,19)(H,20,21). The lowest BCUT2D eigenvalue weighted by atomic mass is 10.1. The van der Waals surface area contributed by atoms with Crippen LogP contribution in [0.15, 0.2) is 30.3 Å². The first-order chi connectivity index (χ1) is 10.1. The van der Waals surface area contributed by atoms with Crippen LogP contribution in [0.25, 0.3) is 10.8 Å². The van der Waals surface area contributed by atoms with Crippen LogP contribution >= 0.6 is 11.6 Å². The van der Waals surface area contributed by atoms with Crippen molar-refractivity contribution in [2.24, 2.45) is 5.92 Å². The van der Waals surface area contributed by atoms with Gasteiger partial charge in [0.05, 0.1) is 0 Å². The zero-order valence-electron chi connectivity index (χ0n) is 11.0. The number of fused-ring (bicyclic) bond motifs is 1. The maximum Gasteiger partial charge on any atom is 0.326 e. The number of amides is 1. The first kappa shape index (κ1) is 13.8. The van der Waals surface area contributed by atoms with E-state index in [4.69, 9.17) is 16.7 Å². The molecule has 0 aliphatic heterocycles. The van der Waals surface area contributed by atoms with Crippen LogP contribution in [0.3, 0.4) is 0 Å². The van der Waals surface area contributed by atoms with Crippen LogP contribution < -0.4 is 5.32 Å². The van der Waals surface area contributed by atoms with Crippen molar-refractivity contribution in [3.63, 3.8) is 0 Å². The normalized spacial score (nSPS) is 15.7. The molecule has 0 saturated heterocycles. The van der Waals surface area contributed by atoms with Crippen LogP contribution in [-0.2, 0) is 4.79 Å². The minimum Gasteiger partial charge on any atom is -0.480 e. The van der Waals surface area contributed by atoms with Crippen LogP contribution in [0.5, 0.6) is 0 Å². The van der Waals surface area contributed by atoms with E-state index >= 15 is 0 Å². The van der Waals surface area contributed by atoms with Crippen molar-refractivity contribution in [1.82, 2.24) is 10.3 Å². The van der Waals surface area contributed by atoms with Crippen LogP contribution in [0.1, 0.15) is 23.3 Å². The molecule has 1 atom stereocenters. The second-order valence-corrected chi connectivity index (χ2v) is 5.50. The Balaban J connectivity index is 1.89. The van der Waals surface area contributed by atoms with Gasteiger partial charge in [0, 0.05) is 5.39 Å². The molecular formula is C15H13ClN2O3. The molecule has 21 heavy (non-hydrogen) atoms. The molecule has 2 N–H and O–H groups in total. The van der Waals surface area contributed by atoms with E-state index in [2.05, 4.69) is 10.3 Å². The van der Waals surface area contributed by atoms with E-state index < -0.39 is 17.9 Å². The van der Waals surface area contributed by atoms with Crippen molar-refractivity contribution in [3.05, 3.63) is 41.2 Å². The molecule has 1 aliphatic rings. The third kappa shape index (κ3) is 2.83. The van der Waals surface area contributed by atoms with Gasteiger partial charge in [-0.15, -0.1) is 0 Å². The number of aliphatic carboxylic acids is 1. The zero-order chi connectivity index (χ0) is 15.0. The van der Waals surface area contributed by atoms with E-state index in [1.54, 1.807) is 6.07 Å². The summed E-state index contributed by atoms with van der Waals surface area (Å²) in [6, 6.07) is 8.08. The summed E-state index contributed by atoms with van der Waals surface area (Å²) in [6.45, 7) is 0. The molecule has 2 aromatic rings. The van der Waals surface area contributed by atoms with Gasteiger partial charge in [-0.1, -0.05) is 35.9 Å². The van der Waals surface area contributed by atoms with Crippen molar-refractivity contribution in [1.29, 1.82) is 0 Å². The number of rotatable bonds is 4. The number of nitrogens with zero attached hydrogens (tertiary/aromatic N) is 1. The van der Waals surface area contributed by atoms with Gasteiger partial charge in [0.1, 0.15) is 16.9 Å². The van der Waals surface area contributed by atoms with E-state index in [0.29, 0.717) is 0 Å². The van der Waals surface area contributed by atoms with Gasteiger partial charge in [-0.3, -0.25) is 4.79 Å². The van der Waals surface area contributed by atoms with Gasteiger partial charge >= 0.3 is 5.97 Å². The Morgan fingerprint density at radius 2 is 2.05 bits per heavy atom. The molecule has 6 heteroatoms. The molecule has 1 unspecified atom stereocenters. The first-order valence-electron chi connectivity index (χ1n) is 6.65.